The lowest BCUT2D eigenvalue weighted by molar-refractivity contribution is 0.414. The highest BCUT2D eigenvalue weighted by Crippen LogP contribution is 2.42. The van der Waals surface area contributed by atoms with E-state index in [9.17, 15) is 0 Å². The summed E-state index contributed by atoms with van der Waals surface area (Å²) in [6, 6.07) is 64.5. The fourth-order valence-electron chi connectivity index (χ4n) is 7.92. The van der Waals surface area contributed by atoms with E-state index in [0.717, 1.165) is 40.7 Å². The van der Waals surface area contributed by atoms with Gasteiger partial charge in [0.25, 0.3) is 0 Å². The summed E-state index contributed by atoms with van der Waals surface area (Å²) in [7, 11) is 3.41. The molecule has 0 spiro atoms. The van der Waals surface area contributed by atoms with Crippen molar-refractivity contribution in [1.82, 2.24) is 0 Å². The molecule has 0 radical (unpaired) electrons. The van der Waals surface area contributed by atoms with Crippen molar-refractivity contribution in [3.63, 3.8) is 0 Å². The van der Waals surface area contributed by atoms with E-state index in [4.69, 9.17) is 9.47 Å². The molecular formula is C52H42N2O2. The van der Waals surface area contributed by atoms with Crippen molar-refractivity contribution in [3.8, 4) is 22.6 Å². The first-order valence-electron chi connectivity index (χ1n) is 19.0. The number of methoxy groups -OCH3 is 2. The minimum Gasteiger partial charge on any atom is -0.497 e. The van der Waals surface area contributed by atoms with Gasteiger partial charge in [-0.15, -0.1) is 0 Å². The molecule has 1 N–H and O–H groups in total. The van der Waals surface area contributed by atoms with Crippen LogP contribution in [-0.2, 0) is 5.54 Å². The van der Waals surface area contributed by atoms with Crippen LogP contribution < -0.4 is 19.7 Å². The fourth-order valence-corrected chi connectivity index (χ4v) is 7.92. The van der Waals surface area contributed by atoms with E-state index in [1.807, 2.05) is 24.3 Å². The molecule has 1 unspecified atom stereocenters. The molecule has 8 aromatic rings. The summed E-state index contributed by atoms with van der Waals surface area (Å²) < 4.78 is 11.0. The molecule has 0 fully saturated rings. The van der Waals surface area contributed by atoms with Crippen LogP contribution in [0.5, 0.6) is 11.5 Å². The number of anilines is 4. The second-order valence-electron chi connectivity index (χ2n) is 14.2. The van der Waals surface area contributed by atoms with Crippen molar-refractivity contribution in [3.05, 3.63) is 211 Å². The molecule has 1 atom stereocenters. The van der Waals surface area contributed by atoms with E-state index in [-0.39, 0.29) is 0 Å². The van der Waals surface area contributed by atoms with Gasteiger partial charge in [-0.05, 0) is 106 Å². The maximum absolute atomic E-state index is 5.50. The molecule has 56 heavy (non-hydrogen) atoms. The van der Waals surface area contributed by atoms with Gasteiger partial charge >= 0.3 is 0 Å². The molecule has 1 aliphatic rings. The molecule has 0 saturated carbocycles. The number of hydrogen-bond donors (Lipinski definition) is 1. The smallest absolute Gasteiger partial charge is 0.119 e. The van der Waals surface area contributed by atoms with Gasteiger partial charge in [0.15, 0.2) is 0 Å². The molecule has 8 aromatic carbocycles. The molecule has 272 valence electrons. The molecule has 0 aromatic heterocycles. The first kappa shape index (κ1) is 34.7. The first-order chi connectivity index (χ1) is 27.6. The van der Waals surface area contributed by atoms with Gasteiger partial charge in [0.05, 0.1) is 25.4 Å². The molecule has 0 amide bonds. The van der Waals surface area contributed by atoms with Crippen LogP contribution in [0.2, 0.25) is 0 Å². The van der Waals surface area contributed by atoms with Gasteiger partial charge in [-0.3, -0.25) is 0 Å². The predicted molar refractivity (Wildman–Crippen MR) is 235 cm³/mol. The SMILES string of the molecule is COc1ccc(N(c2ccc(-c3ccc(C4=CCC(Nc5cccc6ccccc56)(c5ccc(OC)cc5)C=C4)cc3)cc2)c2cccc3ccccc23)cc1. The van der Waals surface area contributed by atoms with Gasteiger partial charge in [0.2, 0.25) is 0 Å². The summed E-state index contributed by atoms with van der Waals surface area (Å²) in [5.41, 5.74) is 9.89. The zero-order chi connectivity index (χ0) is 37.9. The summed E-state index contributed by atoms with van der Waals surface area (Å²) in [6.45, 7) is 0. The standard InChI is InChI=1S/C52H42N2O2/c1-55-46-29-23-43(24-30-46)52(53-50-15-7-11-41-9-3-5-13-48(41)50)35-33-40(34-36-52)38-19-17-37(18-20-38)39-21-25-44(26-22-39)54(45-27-31-47(56-2)32-28-45)51-16-8-12-42-10-4-6-14-49(42)51/h3-35,53H,36H2,1-2H3. The lowest BCUT2D eigenvalue weighted by Crippen LogP contribution is -2.34. The lowest BCUT2D eigenvalue weighted by atomic mass is 9.80. The Labute approximate surface area is 328 Å². The molecule has 0 saturated heterocycles. The molecule has 0 heterocycles. The van der Waals surface area contributed by atoms with Crippen molar-refractivity contribution >= 4 is 49.9 Å². The molecule has 4 heteroatoms. The average Bonchev–Trinajstić information content (AvgIpc) is 3.27. The van der Waals surface area contributed by atoms with Gasteiger partial charge in [-0.25, -0.2) is 0 Å². The van der Waals surface area contributed by atoms with Crippen LogP contribution in [0.3, 0.4) is 0 Å². The van der Waals surface area contributed by atoms with Crippen LogP contribution in [0.15, 0.2) is 200 Å². The number of nitrogens with zero attached hydrogens (tertiary/aromatic N) is 1. The van der Waals surface area contributed by atoms with Crippen molar-refractivity contribution in [2.24, 2.45) is 0 Å². The fraction of sp³-hybridized carbons (Fsp3) is 0.0769. The molecule has 4 nitrogen and oxygen atoms in total. The van der Waals surface area contributed by atoms with Crippen molar-refractivity contribution in [1.29, 1.82) is 0 Å². The van der Waals surface area contributed by atoms with E-state index in [1.54, 1.807) is 14.2 Å². The third-order valence-corrected chi connectivity index (χ3v) is 11.0. The molecule has 1 aliphatic carbocycles. The van der Waals surface area contributed by atoms with E-state index in [2.05, 4.69) is 186 Å². The highest BCUT2D eigenvalue weighted by molar-refractivity contribution is 5.99. The minimum absolute atomic E-state index is 0.423. The van der Waals surface area contributed by atoms with Crippen LogP contribution in [0.1, 0.15) is 17.5 Å². The highest BCUT2D eigenvalue weighted by Gasteiger charge is 2.31. The number of hydrogen-bond acceptors (Lipinski definition) is 4. The largest absolute Gasteiger partial charge is 0.497 e. The quantitative estimate of drug-likeness (QED) is 0.152. The molecule has 0 bridgehead atoms. The van der Waals surface area contributed by atoms with Gasteiger partial charge in [0.1, 0.15) is 11.5 Å². The number of nitrogens with one attached hydrogen (secondary N) is 1. The highest BCUT2D eigenvalue weighted by atomic mass is 16.5. The predicted octanol–water partition coefficient (Wildman–Crippen LogP) is 13.5. The van der Waals surface area contributed by atoms with Crippen LogP contribution in [0, 0.1) is 0 Å². The maximum Gasteiger partial charge on any atom is 0.119 e. The van der Waals surface area contributed by atoms with Crippen molar-refractivity contribution in [2.75, 3.05) is 24.4 Å². The Bertz CT molecular complexity index is 2690. The van der Waals surface area contributed by atoms with E-state index in [1.165, 1.54) is 49.4 Å². The Hall–Kier alpha value is -7.04. The topological polar surface area (TPSA) is 33.7 Å². The van der Waals surface area contributed by atoms with Crippen LogP contribution in [-0.4, -0.2) is 14.2 Å². The maximum atomic E-state index is 5.50. The summed E-state index contributed by atoms with van der Waals surface area (Å²) in [5, 5.41) is 8.78. The minimum atomic E-state index is -0.423. The zero-order valence-corrected chi connectivity index (χ0v) is 31.5. The Morgan fingerprint density at radius 3 is 1.64 bits per heavy atom. The third-order valence-electron chi connectivity index (χ3n) is 11.0. The van der Waals surface area contributed by atoms with Crippen molar-refractivity contribution in [2.45, 2.75) is 12.0 Å². The number of allylic oxidation sites excluding steroid dienone is 2. The Kier molecular flexibility index (Phi) is 9.30. The molecule has 9 rings (SSSR count). The van der Waals surface area contributed by atoms with Gasteiger partial charge < -0.3 is 19.7 Å². The van der Waals surface area contributed by atoms with Gasteiger partial charge in [-0.1, -0.05) is 140 Å². The van der Waals surface area contributed by atoms with E-state index >= 15 is 0 Å². The number of ether oxygens (including phenoxy) is 2. The van der Waals surface area contributed by atoms with E-state index in [0.29, 0.717) is 0 Å². The zero-order valence-electron chi connectivity index (χ0n) is 31.5. The second-order valence-corrected chi connectivity index (χ2v) is 14.2. The summed E-state index contributed by atoms with van der Waals surface area (Å²) in [5.74, 6) is 1.68. The third kappa shape index (κ3) is 6.67. The Balaban J connectivity index is 0.990. The summed E-state index contributed by atoms with van der Waals surface area (Å²) >= 11 is 0. The summed E-state index contributed by atoms with van der Waals surface area (Å²) in [6.07, 6.45) is 7.73. The number of benzene rings is 8. The molecular weight excluding hydrogens is 685 g/mol. The monoisotopic (exact) mass is 726 g/mol. The van der Waals surface area contributed by atoms with Crippen LogP contribution in [0.25, 0.3) is 38.2 Å². The number of rotatable bonds is 10. The molecule has 0 aliphatic heterocycles. The second kappa shape index (κ2) is 15.0. The van der Waals surface area contributed by atoms with Gasteiger partial charge in [0, 0.05) is 27.8 Å². The summed E-state index contributed by atoms with van der Waals surface area (Å²) in [4.78, 5) is 2.32. The average molecular weight is 727 g/mol. The Morgan fingerprint density at radius 2 is 1.02 bits per heavy atom. The van der Waals surface area contributed by atoms with Crippen LogP contribution >= 0.6 is 0 Å². The lowest BCUT2D eigenvalue weighted by Gasteiger charge is -2.36. The van der Waals surface area contributed by atoms with Crippen LogP contribution in [0.4, 0.5) is 22.7 Å². The van der Waals surface area contributed by atoms with Crippen molar-refractivity contribution < 1.29 is 9.47 Å². The Morgan fingerprint density at radius 1 is 0.500 bits per heavy atom. The normalized spacial score (nSPS) is 15.0. The van der Waals surface area contributed by atoms with Gasteiger partial charge in [-0.2, -0.15) is 0 Å². The number of fused-ring (bicyclic) bond motifs is 2. The first-order valence-corrected chi connectivity index (χ1v) is 19.0. The van der Waals surface area contributed by atoms with E-state index < -0.39 is 5.54 Å².